The maximum absolute atomic E-state index is 13.2. The van der Waals surface area contributed by atoms with Gasteiger partial charge in [-0.2, -0.15) is 0 Å². The molecule has 0 saturated heterocycles. The van der Waals surface area contributed by atoms with Gasteiger partial charge in [0.05, 0.1) is 10.4 Å². The highest BCUT2D eigenvalue weighted by Crippen LogP contribution is 2.30. The van der Waals surface area contributed by atoms with Gasteiger partial charge in [0.25, 0.3) is 5.91 Å². The molecule has 3 aromatic carbocycles. The zero-order chi connectivity index (χ0) is 21.9. The molecule has 1 saturated carbocycles. The third-order valence-corrected chi connectivity index (χ3v) is 7.15. The first-order valence-corrected chi connectivity index (χ1v) is 11.9. The van der Waals surface area contributed by atoms with Crippen LogP contribution in [-0.2, 0) is 15.6 Å². The normalized spacial score (nSPS) is 14.2. The maximum atomic E-state index is 13.2. The molecular weight excluding hydrogens is 408 g/mol. The average molecular weight is 435 g/mol. The molecule has 5 nitrogen and oxygen atoms in total. The second-order valence-corrected chi connectivity index (χ2v) is 9.90. The lowest BCUT2D eigenvalue weighted by Gasteiger charge is -2.32. The second kappa shape index (κ2) is 8.65. The molecule has 1 amide bonds. The van der Waals surface area contributed by atoms with Crippen molar-refractivity contribution in [2.45, 2.75) is 30.2 Å². The van der Waals surface area contributed by atoms with E-state index in [1.54, 1.807) is 12.1 Å². The van der Waals surface area contributed by atoms with Crippen LogP contribution in [-0.4, -0.2) is 20.9 Å². The quantitative estimate of drug-likeness (QED) is 0.561. The van der Waals surface area contributed by atoms with Crippen molar-refractivity contribution in [2.24, 2.45) is 5.92 Å². The van der Waals surface area contributed by atoms with Gasteiger partial charge >= 0.3 is 0 Å². The molecular formula is C25H26N2O3S. The lowest BCUT2D eigenvalue weighted by molar-refractivity contribution is 0.0919. The summed E-state index contributed by atoms with van der Waals surface area (Å²) in [5, 5.41) is 3.13. The fourth-order valence-corrected chi connectivity index (χ4v) is 4.75. The first kappa shape index (κ1) is 21.3. The first-order chi connectivity index (χ1) is 14.9. The van der Waals surface area contributed by atoms with Gasteiger partial charge in [0.1, 0.15) is 0 Å². The molecule has 2 N–H and O–H groups in total. The smallest absolute Gasteiger partial charge is 0.252 e. The van der Waals surface area contributed by atoms with Gasteiger partial charge in [0.2, 0.25) is 10.0 Å². The number of carbonyl (C=O) groups is 1. The van der Waals surface area contributed by atoms with Crippen molar-refractivity contribution in [3.05, 3.63) is 102 Å². The number of rotatable bonds is 8. The van der Waals surface area contributed by atoms with E-state index in [-0.39, 0.29) is 10.8 Å². The number of benzene rings is 3. The summed E-state index contributed by atoms with van der Waals surface area (Å²) in [5.74, 6) is 0.0909. The van der Waals surface area contributed by atoms with Crippen LogP contribution in [0.1, 0.15) is 41.3 Å². The lowest BCUT2D eigenvalue weighted by atomic mass is 9.84. The van der Waals surface area contributed by atoms with Gasteiger partial charge in [-0.05, 0) is 55.0 Å². The first-order valence-electron chi connectivity index (χ1n) is 10.4. The molecule has 1 fully saturated rings. The van der Waals surface area contributed by atoms with Crippen molar-refractivity contribution in [3.63, 3.8) is 0 Å². The summed E-state index contributed by atoms with van der Waals surface area (Å²) in [6.07, 6.45) is 2.12. The minimum absolute atomic E-state index is 0.0990. The zero-order valence-corrected chi connectivity index (χ0v) is 18.2. The minimum atomic E-state index is -3.65. The van der Waals surface area contributed by atoms with E-state index in [1.807, 2.05) is 67.6 Å². The highest BCUT2D eigenvalue weighted by atomic mass is 32.2. The molecule has 0 heterocycles. The van der Waals surface area contributed by atoms with Crippen LogP contribution in [0.2, 0.25) is 0 Å². The van der Waals surface area contributed by atoms with Crippen LogP contribution < -0.4 is 10.0 Å². The Hall–Kier alpha value is -2.96. The van der Waals surface area contributed by atoms with Gasteiger partial charge in [-0.25, -0.2) is 13.1 Å². The Kier molecular flexibility index (Phi) is 5.94. The van der Waals surface area contributed by atoms with E-state index >= 15 is 0 Å². The van der Waals surface area contributed by atoms with Gasteiger partial charge in [-0.15, -0.1) is 0 Å². The third kappa shape index (κ3) is 4.86. The van der Waals surface area contributed by atoms with Gasteiger partial charge in [0.15, 0.2) is 0 Å². The second-order valence-electron chi connectivity index (χ2n) is 8.13. The molecule has 4 rings (SSSR count). The Morgan fingerprint density at radius 1 is 0.903 bits per heavy atom. The van der Waals surface area contributed by atoms with Crippen LogP contribution >= 0.6 is 0 Å². The van der Waals surface area contributed by atoms with Crippen LogP contribution in [0.15, 0.2) is 89.8 Å². The summed E-state index contributed by atoms with van der Waals surface area (Å²) < 4.78 is 27.9. The number of sulfonamides is 1. The molecule has 3 aromatic rings. The van der Waals surface area contributed by atoms with Crippen LogP contribution in [0.5, 0.6) is 0 Å². The number of carbonyl (C=O) groups excluding carboxylic acids is 1. The summed E-state index contributed by atoms with van der Waals surface area (Å²) in [5.41, 5.74) is 1.39. The Labute approximate surface area is 183 Å². The summed E-state index contributed by atoms with van der Waals surface area (Å²) in [6, 6.07) is 25.6. The largest absolute Gasteiger partial charge is 0.339 e. The van der Waals surface area contributed by atoms with Crippen molar-refractivity contribution >= 4 is 15.9 Å². The van der Waals surface area contributed by atoms with Crippen LogP contribution in [0.25, 0.3) is 0 Å². The summed E-state index contributed by atoms with van der Waals surface area (Å²) >= 11 is 0. The van der Waals surface area contributed by atoms with E-state index in [4.69, 9.17) is 0 Å². The molecule has 0 spiro atoms. The highest BCUT2D eigenvalue weighted by Gasteiger charge is 2.31. The fourth-order valence-electron chi connectivity index (χ4n) is 3.59. The fraction of sp³-hybridized carbons (Fsp3) is 0.240. The van der Waals surface area contributed by atoms with Crippen molar-refractivity contribution in [1.29, 1.82) is 0 Å². The minimum Gasteiger partial charge on any atom is -0.339 e. The molecule has 31 heavy (non-hydrogen) atoms. The predicted octanol–water partition coefficient (Wildman–Crippen LogP) is 4.07. The molecule has 160 valence electrons. The molecule has 1 aliphatic carbocycles. The predicted molar refractivity (Wildman–Crippen MR) is 121 cm³/mol. The Bertz CT molecular complexity index is 1120. The molecule has 0 aliphatic heterocycles. The average Bonchev–Trinajstić information content (AvgIpc) is 3.64. The topological polar surface area (TPSA) is 75.3 Å². The summed E-state index contributed by atoms with van der Waals surface area (Å²) in [7, 11) is -3.65. The Balaban J connectivity index is 1.62. The van der Waals surface area contributed by atoms with E-state index in [0.717, 1.165) is 24.0 Å². The number of hydrogen-bond donors (Lipinski definition) is 2. The molecule has 0 radical (unpaired) electrons. The molecule has 0 aromatic heterocycles. The van der Waals surface area contributed by atoms with E-state index in [0.29, 0.717) is 18.0 Å². The molecule has 1 aliphatic rings. The number of hydrogen-bond acceptors (Lipinski definition) is 3. The molecule has 0 bridgehead atoms. The molecule has 0 unspecified atom stereocenters. The van der Waals surface area contributed by atoms with Crippen molar-refractivity contribution in [3.8, 4) is 0 Å². The number of nitrogens with one attached hydrogen (secondary N) is 2. The Morgan fingerprint density at radius 3 is 2.03 bits per heavy atom. The highest BCUT2D eigenvalue weighted by molar-refractivity contribution is 7.89. The van der Waals surface area contributed by atoms with Gasteiger partial charge in [-0.3, -0.25) is 4.79 Å². The van der Waals surface area contributed by atoms with Gasteiger partial charge < -0.3 is 5.32 Å². The van der Waals surface area contributed by atoms with Crippen LogP contribution in [0.4, 0.5) is 0 Å². The van der Waals surface area contributed by atoms with Crippen molar-refractivity contribution in [1.82, 2.24) is 10.0 Å². The summed E-state index contributed by atoms with van der Waals surface area (Å²) in [4.78, 5) is 13.3. The van der Waals surface area contributed by atoms with Gasteiger partial charge in [-0.1, -0.05) is 66.7 Å². The zero-order valence-electron chi connectivity index (χ0n) is 17.4. The van der Waals surface area contributed by atoms with Crippen molar-refractivity contribution < 1.29 is 13.2 Å². The van der Waals surface area contributed by atoms with E-state index in [1.165, 1.54) is 12.1 Å². The standard InChI is InChI=1S/C25H26N2O3S/c1-25(21-10-4-2-5-11-21,22-12-6-3-7-13-22)27-24(28)20-9-8-14-23(17-20)31(29,30)26-18-19-15-16-19/h2-14,17,19,26H,15-16,18H2,1H3,(H,27,28). The van der Waals surface area contributed by atoms with E-state index < -0.39 is 15.6 Å². The number of amides is 1. The van der Waals surface area contributed by atoms with E-state index in [2.05, 4.69) is 10.0 Å². The lowest BCUT2D eigenvalue weighted by Crippen LogP contribution is -2.44. The van der Waals surface area contributed by atoms with Crippen LogP contribution in [0, 0.1) is 5.92 Å². The monoisotopic (exact) mass is 434 g/mol. The molecule has 0 atom stereocenters. The maximum Gasteiger partial charge on any atom is 0.252 e. The van der Waals surface area contributed by atoms with E-state index in [9.17, 15) is 13.2 Å². The van der Waals surface area contributed by atoms with Crippen molar-refractivity contribution in [2.75, 3.05) is 6.54 Å². The van der Waals surface area contributed by atoms with Crippen LogP contribution in [0.3, 0.4) is 0 Å². The Morgan fingerprint density at radius 2 is 1.48 bits per heavy atom. The van der Waals surface area contributed by atoms with Gasteiger partial charge in [0, 0.05) is 12.1 Å². The molecule has 6 heteroatoms. The SMILES string of the molecule is CC(NC(=O)c1cccc(S(=O)(=O)NCC2CC2)c1)(c1ccccc1)c1ccccc1. The third-order valence-electron chi connectivity index (χ3n) is 5.73. The summed E-state index contributed by atoms with van der Waals surface area (Å²) in [6.45, 7) is 2.40.